The maximum atomic E-state index is 12.3. The maximum absolute atomic E-state index is 12.3. The molecule has 1 aromatic rings. The molecule has 1 rings (SSSR count). The number of aryl methyl sites for hydroxylation is 1. The van der Waals surface area contributed by atoms with Crippen LogP contribution in [0.15, 0.2) is 6.07 Å². The van der Waals surface area contributed by atoms with Gasteiger partial charge in [0.2, 0.25) is 0 Å². The first-order chi connectivity index (χ1) is 9.01. The molecule has 0 aromatic carbocycles. The Morgan fingerprint density at radius 2 is 2.05 bits per heavy atom. The Morgan fingerprint density at radius 1 is 1.37 bits per heavy atom. The van der Waals surface area contributed by atoms with Crippen molar-refractivity contribution in [1.82, 2.24) is 9.47 Å². The minimum atomic E-state index is 0.187. The molecule has 0 aliphatic rings. The summed E-state index contributed by atoms with van der Waals surface area (Å²) in [5.41, 5.74) is 3.08. The monoisotopic (exact) mass is 266 g/mol. The average Bonchev–Trinajstić information content (AvgIpc) is 2.64. The van der Waals surface area contributed by atoms with Crippen LogP contribution in [0.4, 0.5) is 0 Å². The van der Waals surface area contributed by atoms with Gasteiger partial charge in [0.15, 0.2) is 5.78 Å². The van der Waals surface area contributed by atoms with Gasteiger partial charge in [-0.3, -0.25) is 9.69 Å². The fourth-order valence-electron chi connectivity index (χ4n) is 2.34. The highest BCUT2D eigenvalue weighted by molar-refractivity contribution is 5.99. The fraction of sp³-hybridized carbons (Fsp3) is 0.667. The Hall–Kier alpha value is -1.13. The molecule has 19 heavy (non-hydrogen) atoms. The van der Waals surface area contributed by atoms with Gasteiger partial charge in [0, 0.05) is 36.6 Å². The second-order valence-electron chi connectivity index (χ2n) is 4.89. The summed E-state index contributed by atoms with van der Waals surface area (Å²) >= 11 is 0. The first-order valence-corrected chi connectivity index (χ1v) is 6.97. The van der Waals surface area contributed by atoms with Crippen molar-refractivity contribution >= 4 is 5.78 Å². The number of rotatable bonds is 8. The van der Waals surface area contributed by atoms with Crippen LogP contribution in [0.1, 0.15) is 35.6 Å². The molecule has 0 saturated heterocycles. The van der Waals surface area contributed by atoms with Crippen LogP contribution in [-0.2, 0) is 11.3 Å². The molecule has 0 fully saturated rings. The molecule has 4 heteroatoms. The van der Waals surface area contributed by atoms with Crippen molar-refractivity contribution < 1.29 is 9.53 Å². The van der Waals surface area contributed by atoms with Crippen molar-refractivity contribution in [1.29, 1.82) is 0 Å². The van der Waals surface area contributed by atoms with E-state index in [9.17, 15) is 4.79 Å². The third kappa shape index (κ3) is 4.18. The number of Topliss-reactive ketones (excluding diaryl/α,β-unsaturated/α-hetero) is 1. The van der Waals surface area contributed by atoms with Gasteiger partial charge in [-0.2, -0.15) is 0 Å². The Kier molecular flexibility index (Phi) is 6.25. The first kappa shape index (κ1) is 15.9. The van der Waals surface area contributed by atoms with Crippen LogP contribution in [0.2, 0.25) is 0 Å². The first-order valence-electron chi connectivity index (χ1n) is 6.97. The van der Waals surface area contributed by atoms with Gasteiger partial charge < -0.3 is 9.30 Å². The Balaban J connectivity index is 2.63. The number of likely N-dealkylation sites (N-methyl/N-ethyl adjacent to an activating group) is 1. The van der Waals surface area contributed by atoms with E-state index in [1.165, 1.54) is 0 Å². The van der Waals surface area contributed by atoms with E-state index in [1.54, 1.807) is 0 Å². The summed E-state index contributed by atoms with van der Waals surface area (Å²) in [5, 5.41) is 0. The number of carbonyl (C=O) groups is 1. The molecule has 0 aliphatic heterocycles. The second-order valence-corrected chi connectivity index (χ2v) is 4.89. The zero-order valence-electron chi connectivity index (χ0n) is 12.8. The lowest BCUT2D eigenvalue weighted by molar-refractivity contribution is 0.0896. The van der Waals surface area contributed by atoms with Crippen LogP contribution in [0, 0.1) is 13.8 Å². The van der Waals surface area contributed by atoms with Crippen molar-refractivity contribution in [3.8, 4) is 0 Å². The highest BCUT2D eigenvalue weighted by Crippen LogP contribution is 2.15. The van der Waals surface area contributed by atoms with Gasteiger partial charge in [-0.25, -0.2) is 0 Å². The molecule has 0 aliphatic carbocycles. The van der Waals surface area contributed by atoms with E-state index in [1.807, 2.05) is 38.8 Å². The zero-order valence-corrected chi connectivity index (χ0v) is 12.8. The van der Waals surface area contributed by atoms with Crippen molar-refractivity contribution in [3.05, 3.63) is 23.0 Å². The van der Waals surface area contributed by atoms with Crippen LogP contribution in [-0.4, -0.2) is 48.6 Å². The SMILES string of the molecule is CCOCCN(C)CC(=O)c1cc(C)n(CC)c1C. The van der Waals surface area contributed by atoms with Crippen LogP contribution < -0.4 is 0 Å². The number of carbonyl (C=O) groups excluding carboxylic acids is 1. The number of ketones is 1. The molecule has 0 saturated carbocycles. The Bertz CT molecular complexity index is 424. The summed E-state index contributed by atoms with van der Waals surface area (Å²) in [7, 11) is 1.95. The molecule has 0 N–H and O–H groups in total. The molecular weight excluding hydrogens is 240 g/mol. The maximum Gasteiger partial charge on any atom is 0.178 e. The van der Waals surface area contributed by atoms with E-state index in [2.05, 4.69) is 11.5 Å². The molecular formula is C15H26N2O2. The van der Waals surface area contributed by atoms with Crippen molar-refractivity contribution in [2.24, 2.45) is 0 Å². The van der Waals surface area contributed by atoms with E-state index in [0.717, 1.165) is 36.6 Å². The fourth-order valence-corrected chi connectivity index (χ4v) is 2.34. The number of hydrogen-bond acceptors (Lipinski definition) is 3. The van der Waals surface area contributed by atoms with Crippen LogP contribution in [0.5, 0.6) is 0 Å². The third-order valence-corrected chi connectivity index (χ3v) is 3.43. The van der Waals surface area contributed by atoms with E-state index in [0.29, 0.717) is 13.2 Å². The molecule has 1 aromatic heterocycles. The molecule has 0 atom stereocenters. The second kappa shape index (κ2) is 7.46. The van der Waals surface area contributed by atoms with Crippen molar-refractivity contribution in [3.63, 3.8) is 0 Å². The minimum absolute atomic E-state index is 0.187. The summed E-state index contributed by atoms with van der Waals surface area (Å²) in [6.45, 7) is 11.7. The molecule has 0 unspecified atom stereocenters. The topological polar surface area (TPSA) is 34.5 Å². The molecule has 0 amide bonds. The molecule has 108 valence electrons. The van der Waals surface area contributed by atoms with Crippen molar-refractivity contribution in [2.45, 2.75) is 34.2 Å². The number of hydrogen-bond donors (Lipinski definition) is 0. The number of aromatic nitrogens is 1. The largest absolute Gasteiger partial charge is 0.380 e. The molecule has 0 spiro atoms. The zero-order chi connectivity index (χ0) is 14.4. The standard InChI is InChI=1S/C15H26N2O2/c1-6-17-12(3)10-14(13(17)4)15(18)11-16(5)8-9-19-7-2/h10H,6-9,11H2,1-5H3. The van der Waals surface area contributed by atoms with E-state index >= 15 is 0 Å². The van der Waals surface area contributed by atoms with Gasteiger partial charge in [0.05, 0.1) is 13.2 Å². The molecule has 4 nitrogen and oxygen atoms in total. The summed E-state index contributed by atoms with van der Waals surface area (Å²) in [6.07, 6.45) is 0. The average molecular weight is 266 g/mol. The summed E-state index contributed by atoms with van der Waals surface area (Å²) in [6, 6.07) is 2.00. The summed E-state index contributed by atoms with van der Waals surface area (Å²) in [5.74, 6) is 0.187. The predicted octanol–water partition coefficient (Wildman–Crippen LogP) is 2.28. The Morgan fingerprint density at radius 3 is 2.58 bits per heavy atom. The van der Waals surface area contributed by atoms with Crippen LogP contribution in [0.25, 0.3) is 0 Å². The summed E-state index contributed by atoms with van der Waals surface area (Å²) < 4.78 is 7.47. The predicted molar refractivity (Wildman–Crippen MR) is 77.9 cm³/mol. The van der Waals surface area contributed by atoms with Crippen LogP contribution in [0.3, 0.4) is 0 Å². The highest BCUT2D eigenvalue weighted by atomic mass is 16.5. The highest BCUT2D eigenvalue weighted by Gasteiger charge is 2.16. The van der Waals surface area contributed by atoms with E-state index < -0.39 is 0 Å². The molecule has 0 radical (unpaired) electrons. The van der Waals surface area contributed by atoms with Gasteiger partial charge in [0.1, 0.15) is 0 Å². The van der Waals surface area contributed by atoms with E-state index in [4.69, 9.17) is 4.74 Å². The number of ether oxygens (including phenoxy) is 1. The minimum Gasteiger partial charge on any atom is -0.380 e. The van der Waals surface area contributed by atoms with Crippen molar-refractivity contribution in [2.75, 3.05) is 33.4 Å². The molecule has 1 heterocycles. The van der Waals surface area contributed by atoms with Gasteiger partial charge in [-0.15, -0.1) is 0 Å². The summed E-state index contributed by atoms with van der Waals surface area (Å²) in [4.78, 5) is 14.3. The van der Waals surface area contributed by atoms with Crippen LogP contribution >= 0.6 is 0 Å². The quantitative estimate of drug-likeness (QED) is 0.535. The van der Waals surface area contributed by atoms with Gasteiger partial charge in [-0.1, -0.05) is 0 Å². The smallest absolute Gasteiger partial charge is 0.178 e. The third-order valence-electron chi connectivity index (χ3n) is 3.43. The van der Waals surface area contributed by atoms with Gasteiger partial charge >= 0.3 is 0 Å². The molecule has 0 bridgehead atoms. The number of nitrogens with zero attached hydrogens (tertiary/aromatic N) is 2. The lowest BCUT2D eigenvalue weighted by atomic mass is 10.1. The Labute approximate surface area is 116 Å². The lowest BCUT2D eigenvalue weighted by Gasteiger charge is -2.15. The lowest BCUT2D eigenvalue weighted by Crippen LogP contribution is -2.29. The van der Waals surface area contributed by atoms with Gasteiger partial charge in [0.25, 0.3) is 0 Å². The van der Waals surface area contributed by atoms with Gasteiger partial charge in [-0.05, 0) is 40.8 Å². The normalized spacial score (nSPS) is 11.3. The van der Waals surface area contributed by atoms with E-state index in [-0.39, 0.29) is 5.78 Å².